The fourth-order valence-electron chi connectivity index (χ4n) is 0.902. The number of hydrogen-bond donors (Lipinski definition) is 0. The van der Waals surface area contributed by atoms with E-state index in [9.17, 15) is 0 Å². The first-order chi connectivity index (χ1) is 5.63. The maximum Gasteiger partial charge on any atom is 0.238 e. The molecule has 0 saturated carbocycles. The first-order valence-electron chi connectivity index (χ1n) is 3.59. The van der Waals surface area contributed by atoms with Crippen LogP contribution in [-0.2, 0) is 0 Å². The van der Waals surface area contributed by atoms with Crippen molar-refractivity contribution in [3.63, 3.8) is 0 Å². The Morgan fingerprint density at radius 3 is 2.25 bits per heavy atom. The van der Waals surface area contributed by atoms with Crippen molar-refractivity contribution >= 4 is 5.95 Å². The Hall–Kier alpha value is -1.63. The van der Waals surface area contributed by atoms with Crippen LogP contribution in [0.2, 0.25) is 0 Å². The molecular formula is C8H10N4. The van der Waals surface area contributed by atoms with Crippen LogP contribution in [0.1, 0.15) is 11.4 Å². The molecule has 4 heteroatoms. The maximum atomic E-state index is 8.57. The van der Waals surface area contributed by atoms with Gasteiger partial charge in [0.25, 0.3) is 0 Å². The van der Waals surface area contributed by atoms with Crippen molar-refractivity contribution in [1.82, 2.24) is 9.97 Å². The number of aryl methyl sites for hydroxylation is 2. The second-order valence-electron chi connectivity index (χ2n) is 2.61. The topological polar surface area (TPSA) is 52.8 Å². The summed E-state index contributed by atoms with van der Waals surface area (Å²) >= 11 is 0. The highest BCUT2D eigenvalue weighted by molar-refractivity contribution is 5.35. The van der Waals surface area contributed by atoms with Crippen LogP contribution in [0.25, 0.3) is 0 Å². The van der Waals surface area contributed by atoms with Gasteiger partial charge in [-0.3, -0.25) is 4.90 Å². The van der Waals surface area contributed by atoms with Crippen LogP contribution >= 0.6 is 0 Å². The molecule has 0 radical (unpaired) electrons. The van der Waals surface area contributed by atoms with E-state index < -0.39 is 0 Å². The Morgan fingerprint density at radius 1 is 1.33 bits per heavy atom. The van der Waals surface area contributed by atoms with Gasteiger partial charge in [0, 0.05) is 18.4 Å². The lowest BCUT2D eigenvalue weighted by Crippen LogP contribution is -2.13. The number of aromatic nitrogens is 2. The van der Waals surface area contributed by atoms with Crippen molar-refractivity contribution in [2.45, 2.75) is 13.8 Å². The lowest BCUT2D eigenvalue weighted by Gasteiger charge is -2.07. The van der Waals surface area contributed by atoms with Crippen molar-refractivity contribution in [3.8, 4) is 6.19 Å². The maximum absolute atomic E-state index is 8.57. The zero-order chi connectivity index (χ0) is 9.14. The molecule has 1 rings (SSSR count). The quantitative estimate of drug-likeness (QED) is 0.457. The second kappa shape index (κ2) is 3.18. The molecule has 0 aliphatic heterocycles. The van der Waals surface area contributed by atoms with Gasteiger partial charge in [-0.1, -0.05) is 0 Å². The SMILES string of the molecule is Cc1cc(C)nc(N(C)C#N)n1. The minimum atomic E-state index is 0.454. The van der Waals surface area contributed by atoms with Crippen LogP contribution in [0.15, 0.2) is 6.07 Å². The van der Waals surface area contributed by atoms with Crippen molar-refractivity contribution in [2.75, 3.05) is 11.9 Å². The summed E-state index contributed by atoms with van der Waals surface area (Å²) < 4.78 is 0. The fraction of sp³-hybridized carbons (Fsp3) is 0.375. The van der Waals surface area contributed by atoms with E-state index in [1.54, 1.807) is 7.05 Å². The van der Waals surface area contributed by atoms with Gasteiger partial charge in [-0.15, -0.1) is 0 Å². The summed E-state index contributed by atoms with van der Waals surface area (Å²) in [5, 5.41) is 8.57. The highest BCUT2D eigenvalue weighted by atomic mass is 15.2. The van der Waals surface area contributed by atoms with Gasteiger partial charge in [-0.2, -0.15) is 5.26 Å². The number of nitrogens with zero attached hydrogens (tertiary/aromatic N) is 4. The van der Waals surface area contributed by atoms with Gasteiger partial charge >= 0.3 is 0 Å². The van der Waals surface area contributed by atoms with E-state index in [1.807, 2.05) is 26.1 Å². The Kier molecular flexibility index (Phi) is 2.24. The van der Waals surface area contributed by atoms with Gasteiger partial charge in [-0.25, -0.2) is 9.97 Å². The molecule has 0 fully saturated rings. The van der Waals surface area contributed by atoms with Crippen molar-refractivity contribution in [1.29, 1.82) is 5.26 Å². The van der Waals surface area contributed by atoms with Gasteiger partial charge in [0.2, 0.25) is 5.95 Å². The normalized spacial score (nSPS) is 9.17. The van der Waals surface area contributed by atoms with Gasteiger partial charge in [0.1, 0.15) is 0 Å². The molecule has 0 spiro atoms. The molecule has 62 valence electrons. The summed E-state index contributed by atoms with van der Waals surface area (Å²) in [7, 11) is 1.63. The summed E-state index contributed by atoms with van der Waals surface area (Å²) in [6.45, 7) is 3.76. The first kappa shape index (κ1) is 8.47. The largest absolute Gasteiger partial charge is 0.250 e. The average Bonchev–Trinajstić information content (AvgIpc) is 2.01. The van der Waals surface area contributed by atoms with Crippen LogP contribution in [0.5, 0.6) is 0 Å². The Labute approximate surface area is 71.5 Å². The predicted octanol–water partition coefficient (Wildman–Crippen LogP) is 1.01. The molecule has 0 aliphatic carbocycles. The molecule has 12 heavy (non-hydrogen) atoms. The monoisotopic (exact) mass is 162 g/mol. The molecule has 0 aromatic carbocycles. The molecule has 0 bridgehead atoms. The molecule has 1 aromatic heterocycles. The first-order valence-corrected chi connectivity index (χ1v) is 3.59. The number of rotatable bonds is 1. The van der Waals surface area contributed by atoms with E-state index in [2.05, 4.69) is 9.97 Å². The third-order valence-corrected chi connectivity index (χ3v) is 1.42. The Balaban J connectivity index is 3.10. The highest BCUT2D eigenvalue weighted by Gasteiger charge is 2.03. The zero-order valence-corrected chi connectivity index (χ0v) is 7.37. The van der Waals surface area contributed by atoms with E-state index in [0.29, 0.717) is 5.95 Å². The third-order valence-electron chi connectivity index (χ3n) is 1.42. The summed E-state index contributed by atoms with van der Waals surface area (Å²) in [4.78, 5) is 9.53. The smallest absolute Gasteiger partial charge is 0.238 e. The second-order valence-corrected chi connectivity index (χ2v) is 2.61. The number of nitriles is 1. The third kappa shape index (κ3) is 1.70. The van der Waals surface area contributed by atoms with Crippen LogP contribution < -0.4 is 4.90 Å². The molecule has 0 unspecified atom stereocenters. The summed E-state index contributed by atoms with van der Waals surface area (Å²) in [6.07, 6.45) is 1.94. The highest BCUT2D eigenvalue weighted by Crippen LogP contribution is 2.06. The van der Waals surface area contributed by atoms with Gasteiger partial charge in [-0.05, 0) is 19.9 Å². The Bertz CT molecular complexity index is 306. The van der Waals surface area contributed by atoms with Crippen LogP contribution in [0.3, 0.4) is 0 Å². The van der Waals surface area contributed by atoms with Gasteiger partial charge in [0.15, 0.2) is 6.19 Å². The van der Waals surface area contributed by atoms with Crippen molar-refractivity contribution in [3.05, 3.63) is 17.5 Å². The van der Waals surface area contributed by atoms with Gasteiger partial charge in [0.05, 0.1) is 0 Å². The van der Waals surface area contributed by atoms with Crippen LogP contribution in [-0.4, -0.2) is 17.0 Å². The molecule has 0 N–H and O–H groups in total. The van der Waals surface area contributed by atoms with E-state index in [1.165, 1.54) is 4.90 Å². The lowest BCUT2D eigenvalue weighted by molar-refractivity contribution is 0.988. The minimum absolute atomic E-state index is 0.454. The van der Waals surface area contributed by atoms with Crippen molar-refractivity contribution in [2.24, 2.45) is 0 Å². The number of anilines is 1. The van der Waals surface area contributed by atoms with E-state index in [4.69, 9.17) is 5.26 Å². The van der Waals surface area contributed by atoms with E-state index in [0.717, 1.165) is 11.4 Å². The van der Waals surface area contributed by atoms with E-state index in [-0.39, 0.29) is 0 Å². The summed E-state index contributed by atoms with van der Waals surface area (Å²) in [5.41, 5.74) is 1.75. The molecule has 1 aromatic rings. The van der Waals surface area contributed by atoms with Crippen LogP contribution in [0.4, 0.5) is 5.95 Å². The molecule has 0 saturated heterocycles. The summed E-state index contributed by atoms with van der Waals surface area (Å²) in [6, 6.07) is 1.87. The van der Waals surface area contributed by atoms with Crippen molar-refractivity contribution < 1.29 is 0 Å². The average molecular weight is 162 g/mol. The lowest BCUT2D eigenvalue weighted by atomic mass is 10.4. The Morgan fingerprint density at radius 2 is 1.83 bits per heavy atom. The molecular weight excluding hydrogens is 152 g/mol. The predicted molar refractivity (Wildman–Crippen MR) is 45.5 cm³/mol. The molecule has 4 nitrogen and oxygen atoms in total. The standard InChI is InChI=1S/C8H10N4/c1-6-4-7(2)11-8(10-6)12(3)5-9/h4H,1-3H3. The molecule has 0 atom stereocenters. The number of hydrogen-bond acceptors (Lipinski definition) is 4. The minimum Gasteiger partial charge on any atom is -0.250 e. The molecule has 1 heterocycles. The zero-order valence-electron chi connectivity index (χ0n) is 7.37. The van der Waals surface area contributed by atoms with Crippen LogP contribution in [0, 0.1) is 25.3 Å². The van der Waals surface area contributed by atoms with Gasteiger partial charge < -0.3 is 0 Å². The molecule has 0 aliphatic rings. The molecule has 0 amide bonds. The van der Waals surface area contributed by atoms with E-state index >= 15 is 0 Å². The summed E-state index contributed by atoms with van der Waals surface area (Å²) in [5.74, 6) is 0.454. The fourth-order valence-corrected chi connectivity index (χ4v) is 0.902.